The molecule has 0 saturated carbocycles. The smallest absolute Gasteiger partial charge is 0.462 e. The Labute approximate surface area is 300 Å². The van der Waals surface area contributed by atoms with Crippen LogP contribution in [-0.2, 0) is 32.7 Å². The molecule has 0 spiro atoms. The van der Waals surface area contributed by atoms with Gasteiger partial charge in [0, 0.05) is 19.4 Å². The van der Waals surface area contributed by atoms with Crippen LogP contribution in [0.5, 0.6) is 0 Å². The number of carbonyl (C=O) groups is 2. The van der Waals surface area contributed by atoms with Gasteiger partial charge in [-0.2, -0.15) is 0 Å². The van der Waals surface area contributed by atoms with Gasteiger partial charge in [-0.05, 0) is 50.7 Å². The van der Waals surface area contributed by atoms with Gasteiger partial charge in [0.2, 0.25) is 0 Å². The zero-order valence-electron chi connectivity index (χ0n) is 31.5. The highest BCUT2D eigenvalue weighted by Crippen LogP contribution is 2.43. The Bertz CT molecular complexity index is 877. The van der Waals surface area contributed by atoms with Gasteiger partial charge in [-0.15, -0.1) is 5.73 Å². The van der Waals surface area contributed by atoms with E-state index in [0.29, 0.717) is 6.42 Å². The molecular weight excluding hydrogens is 641 g/mol. The first-order valence-corrected chi connectivity index (χ1v) is 21.4. The summed E-state index contributed by atoms with van der Waals surface area (Å²) in [5.41, 5.74) is 8.62. The van der Waals surface area contributed by atoms with E-state index in [2.05, 4.69) is 31.7 Å². The minimum Gasteiger partial charge on any atom is -0.462 e. The van der Waals surface area contributed by atoms with Crippen LogP contribution in [0.3, 0.4) is 0 Å². The van der Waals surface area contributed by atoms with Crippen LogP contribution in [0.4, 0.5) is 0 Å². The van der Waals surface area contributed by atoms with Crippen molar-refractivity contribution in [1.29, 1.82) is 0 Å². The molecule has 0 radical (unpaired) electrons. The molecule has 0 aliphatic heterocycles. The zero-order chi connectivity index (χ0) is 36.1. The molecule has 288 valence electrons. The van der Waals surface area contributed by atoms with Crippen molar-refractivity contribution in [3.05, 3.63) is 17.9 Å². The highest BCUT2D eigenvalue weighted by atomic mass is 31.2. The Kier molecular flexibility index (Phi) is 35.2. The lowest BCUT2D eigenvalue weighted by Crippen LogP contribution is -2.29. The van der Waals surface area contributed by atoms with Crippen LogP contribution in [0.2, 0.25) is 0 Å². The van der Waals surface area contributed by atoms with Crippen LogP contribution in [0.1, 0.15) is 187 Å². The molecule has 0 aromatic rings. The number of carbonyl (C=O) groups excluding carboxylic acids is 2. The molecule has 2 atom stereocenters. The third kappa shape index (κ3) is 36.1. The van der Waals surface area contributed by atoms with Crippen LogP contribution in [0.15, 0.2) is 17.9 Å². The molecule has 0 aromatic carbocycles. The maximum atomic E-state index is 12.5. The van der Waals surface area contributed by atoms with Gasteiger partial charge < -0.3 is 20.1 Å². The monoisotopic (exact) mass is 716 g/mol. The summed E-state index contributed by atoms with van der Waals surface area (Å²) in [4.78, 5) is 34.7. The predicted octanol–water partition coefficient (Wildman–Crippen LogP) is 10.8. The lowest BCUT2D eigenvalue weighted by atomic mass is 10.0. The van der Waals surface area contributed by atoms with E-state index in [0.717, 1.165) is 57.8 Å². The second-order valence-electron chi connectivity index (χ2n) is 13.3. The Morgan fingerprint density at radius 1 is 0.633 bits per heavy atom. The van der Waals surface area contributed by atoms with Crippen molar-refractivity contribution < 1.29 is 37.6 Å². The summed E-state index contributed by atoms with van der Waals surface area (Å²) in [6.07, 6.45) is 33.0. The molecule has 0 fully saturated rings. The quantitative estimate of drug-likeness (QED) is 0.0279. The van der Waals surface area contributed by atoms with Gasteiger partial charge in [0.05, 0.1) is 13.2 Å². The Morgan fingerprint density at radius 3 is 1.53 bits per heavy atom. The van der Waals surface area contributed by atoms with Crippen LogP contribution in [-0.4, -0.2) is 49.3 Å². The molecule has 0 aromatic heterocycles. The van der Waals surface area contributed by atoms with E-state index in [1.54, 1.807) is 0 Å². The summed E-state index contributed by atoms with van der Waals surface area (Å²) in [6, 6.07) is 0. The minimum atomic E-state index is -4.37. The Morgan fingerprint density at radius 2 is 1.06 bits per heavy atom. The fourth-order valence-corrected chi connectivity index (χ4v) is 6.20. The van der Waals surface area contributed by atoms with Crippen molar-refractivity contribution in [2.75, 3.05) is 26.4 Å². The largest absolute Gasteiger partial charge is 0.472 e. The number of hydrogen-bond acceptors (Lipinski definition) is 8. The molecule has 3 N–H and O–H groups in total. The normalized spacial score (nSPS) is 13.0. The maximum absolute atomic E-state index is 12.5. The van der Waals surface area contributed by atoms with E-state index in [1.807, 2.05) is 0 Å². The van der Waals surface area contributed by atoms with Crippen LogP contribution in [0.25, 0.3) is 0 Å². The van der Waals surface area contributed by atoms with Gasteiger partial charge in [0.1, 0.15) is 6.61 Å². The van der Waals surface area contributed by atoms with E-state index < -0.39 is 26.5 Å². The molecule has 0 saturated heterocycles. The van der Waals surface area contributed by atoms with Crippen molar-refractivity contribution in [3.8, 4) is 0 Å². The fourth-order valence-electron chi connectivity index (χ4n) is 5.43. The van der Waals surface area contributed by atoms with Crippen molar-refractivity contribution in [2.45, 2.75) is 193 Å². The molecule has 9 nitrogen and oxygen atoms in total. The van der Waals surface area contributed by atoms with E-state index in [1.165, 1.54) is 96.3 Å². The molecule has 0 rings (SSSR count). The first-order chi connectivity index (χ1) is 23.8. The maximum Gasteiger partial charge on any atom is 0.472 e. The van der Waals surface area contributed by atoms with E-state index in [4.69, 9.17) is 24.3 Å². The summed E-state index contributed by atoms with van der Waals surface area (Å²) >= 11 is 0. The van der Waals surface area contributed by atoms with E-state index >= 15 is 0 Å². The number of allylic oxidation sites excluding steroid dienone is 1. The van der Waals surface area contributed by atoms with Crippen LogP contribution in [0, 0.1) is 0 Å². The standard InChI is InChI=1S/C39H74NO8P/c1-3-5-7-9-11-13-15-17-18-20-22-24-26-28-30-32-39(42)48-37(36-47-49(43,44)46-34-33-40)35-45-38(41)31-29-27-25-23-21-19-16-14-12-10-8-6-4-2/h15,18,37H,3-14,16,19-36,40H2,1-2H3,(H,43,44)/t17?,37-/m1/s1. The predicted molar refractivity (Wildman–Crippen MR) is 200 cm³/mol. The van der Waals surface area contributed by atoms with Crippen molar-refractivity contribution in [3.63, 3.8) is 0 Å². The highest BCUT2D eigenvalue weighted by molar-refractivity contribution is 7.47. The molecule has 0 aliphatic rings. The second kappa shape index (κ2) is 36.3. The molecule has 0 bridgehead atoms. The van der Waals surface area contributed by atoms with Crippen molar-refractivity contribution >= 4 is 19.8 Å². The number of hydrogen-bond donors (Lipinski definition) is 2. The highest BCUT2D eigenvalue weighted by Gasteiger charge is 2.25. The lowest BCUT2D eigenvalue weighted by molar-refractivity contribution is -0.161. The second-order valence-corrected chi connectivity index (χ2v) is 14.7. The van der Waals surface area contributed by atoms with Crippen LogP contribution < -0.4 is 5.73 Å². The Balaban J connectivity index is 4.23. The SMILES string of the molecule is CCCCCCCC=C=CCCCCCCCC(=O)O[C@H](COC(=O)CCCCCCCCCCCCCCC)COP(=O)(O)OCCN. The molecule has 0 heterocycles. The summed E-state index contributed by atoms with van der Waals surface area (Å²) in [7, 11) is -4.37. The summed E-state index contributed by atoms with van der Waals surface area (Å²) in [6.45, 7) is 3.69. The summed E-state index contributed by atoms with van der Waals surface area (Å²) in [5.74, 6) is -0.844. The summed E-state index contributed by atoms with van der Waals surface area (Å²) in [5, 5.41) is 0. The van der Waals surface area contributed by atoms with Gasteiger partial charge in [-0.25, -0.2) is 4.57 Å². The number of rotatable bonds is 37. The third-order valence-electron chi connectivity index (χ3n) is 8.43. The molecular formula is C39H74NO8P. The van der Waals surface area contributed by atoms with Gasteiger partial charge in [-0.3, -0.25) is 18.6 Å². The number of phosphoric acid groups is 1. The molecule has 49 heavy (non-hydrogen) atoms. The van der Waals surface area contributed by atoms with E-state index in [9.17, 15) is 19.0 Å². The minimum absolute atomic E-state index is 0.0517. The molecule has 10 heteroatoms. The van der Waals surface area contributed by atoms with Gasteiger partial charge >= 0.3 is 19.8 Å². The number of nitrogens with two attached hydrogens (primary N) is 1. The Hall–Kier alpha value is -1.47. The number of unbranched alkanes of at least 4 members (excludes halogenated alkanes) is 22. The first kappa shape index (κ1) is 47.5. The average molecular weight is 716 g/mol. The first-order valence-electron chi connectivity index (χ1n) is 19.9. The van der Waals surface area contributed by atoms with Crippen LogP contribution >= 0.6 is 7.82 Å². The van der Waals surface area contributed by atoms with E-state index in [-0.39, 0.29) is 38.6 Å². The molecule has 1 unspecified atom stereocenters. The average Bonchev–Trinajstić information content (AvgIpc) is 3.08. The number of phosphoric ester groups is 1. The zero-order valence-corrected chi connectivity index (χ0v) is 32.4. The topological polar surface area (TPSA) is 134 Å². The lowest BCUT2D eigenvalue weighted by Gasteiger charge is -2.19. The van der Waals surface area contributed by atoms with Gasteiger partial charge in [0.15, 0.2) is 6.10 Å². The van der Waals surface area contributed by atoms with Gasteiger partial charge in [-0.1, -0.05) is 136 Å². The summed E-state index contributed by atoms with van der Waals surface area (Å²) < 4.78 is 32.7. The number of ether oxygens (including phenoxy) is 2. The molecule has 0 aliphatic carbocycles. The van der Waals surface area contributed by atoms with Gasteiger partial charge in [0.25, 0.3) is 0 Å². The fraction of sp³-hybridized carbons (Fsp3) is 0.872. The third-order valence-corrected chi connectivity index (χ3v) is 9.41. The van der Waals surface area contributed by atoms with Crippen molar-refractivity contribution in [1.82, 2.24) is 0 Å². The number of esters is 2. The van der Waals surface area contributed by atoms with Crippen molar-refractivity contribution in [2.24, 2.45) is 5.73 Å². The molecule has 0 amide bonds.